The molecule has 0 unspecified atom stereocenters. The third-order valence-electron chi connectivity index (χ3n) is 7.41. The fraction of sp³-hybridized carbons (Fsp3) is 0.600. The Morgan fingerprint density at radius 3 is 2.40 bits per heavy atom. The number of aryl methyl sites for hydroxylation is 4. The molecule has 2 aromatic rings. The monoisotopic (exact) mass is 496 g/mol. The van der Waals surface area contributed by atoms with Crippen LogP contribution in [0.25, 0.3) is 0 Å². The number of benzene rings is 1. The van der Waals surface area contributed by atoms with Crippen LogP contribution in [-0.4, -0.2) is 31.8 Å². The number of hydrogen-bond acceptors (Lipinski definition) is 4. The van der Waals surface area contributed by atoms with Crippen molar-refractivity contribution in [2.45, 2.75) is 92.4 Å². The molecule has 1 heterocycles. The second-order valence-electron chi connectivity index (χ2n) is 10.9. The van der Waals surface area contributed by atoms with E-state index in [2.05, 4.69) is 57.4 Å². The van der Waals surface area contributed by atoms with Crippen LogP contribution in [0.2, 0.25) is 0 Å². The van der Waals surface area contributed by atoms with Crippen LogP contribution < -0.4 is 10.6 Å². The largest absolute Gasteiger partial charge is 0.356 e. The molecule has 0 bridgehead atoms. The van der Waals surface area contributed by atoms with E-state index in [1.54, 1.807) is 11.3 Å². The molecular weight excluding hydrogens is 452 g/mol. The number of carbonyl (C=O) groups excluding carboxylic acids is 2. The van der Waals surface area contributed by atoms with Crippen LogP contribution in [0.5, 0.6) is 0 Å². The molecule has 1 aliphatic carbocycles. The number of fused-ring (bicyclic) bond motifs is 1. The standard InChI is InChI=1S/C30H44N2O2S/c1-7-27-25-19-30(4,5)14-12-24(25)29(35-27)26(33)11-10-22-17-20(2)23(21(3)18-22)9-8-15-32-28(34)13-16-31-6/h17-18,31H,7-16,19H2,1-6H3,(H,32,34). The summed E-state index contributed by atoms with van der Waals surface area (Å²) in [7, 11) is 1.86. The highest BCUT2D eigenvalue weighted by atomic mass is 32.1. The zero-order valence-electron chi connectivity index (χ0n) is 22.7. The maximum absolute atomic E-state index is 13.3. The minimum Gasteiger partial charge on any atom is -0.356 e. The first-order chi connectivity index (χ1) is 16.6. The molecule has 0 saturated carbocycles. The van der Waals surface area contributed by atoms with Gasteiger partial charge in [0.1, 0.15) is 0 Å². The second-order valence-corrected chi connectivity index (χ2v) is 12.0. The third kappa shape index (κ3) is 7.27. The van der Waals surface area contributed by atoms with Gasteiger partial charge in [0.15, 0.2) is 5.78 Å². The minimum atomic E-state index is 0.106. The van der Waals surface area contributed by atoms with Gasteiger partial charge in [0.2, 0.25) is 5.91 Å². The number of nitrogens with one attached hydrogen (secondary N) is 2. The summed E-state index contributed by atoms with van der Waals surface area (Å²) in [5, 5.41) is 6.00. The van der Waals surface area contributed by atoms with E-state index in [0.29, 0.717) is 37.1 Å². The van der Waals surface area contributed by atoms with Crippen LogP contribution in [0.3, 0.4) is 0 Å². The van der Waals surface area contributed by atoms with Gasteiger partial charge in [0.25, 0.3) is 0 Å². The molecule has 3 rings (SSSR count). The molecule has 0 radical (unpaired) electrons. The van der Waals surface area contributed by atoms with E-state index in [9.17, 15) is 9.59 Å². The Balaban J connectivity index is 1.58. The Labute approximate surface area is 216 Å². The van der Waals surface area contributed by atoms with Crippen molar-refractivity contribution in [1.82, 2.24) is 10.6 Å². The molecule has 0 fully saturated rings. The highest BCUT2D eigenvalue weighted by Gasteiger charge is 2.31. The molecule has 0 saturated heterocycles. The predicted molar refractivity (Wildman–Crippen MR) is 148 cm³/mol. The topological polar surface area (TPSA) is 58.2 Å². The zero-order chi connectivity index (χ0) is 25.6. The van der Waals surface area contributed by atoms with E-state index in [1.165, 1.54) is 44.7 Å². The number of thiophene rings is 1. The van der Waals surface area contributed by atoms with Gasteiger partial charge in [-0.1, -0.05) is 32.9 Å². The van der Waals surface area contributed by atoms with Crippen molar-refractivity contribution in [3.63, 3.8) is 0 Å². The molecule has 1 aromatic heterocycles. The average Bonchev–Trinajstić information content (AvgIpc) is 3.16. The molecule has 192 valence electrons. The van der Waals surface area contributed by atoms with Gasteiger partial charge in [-0.3, -0.25) is 9.59 Å². The molecule has 0 atom stereocenters. The smallest absolute Gasteiger partial charge is 0.221 e. The lowest BCUT2D eigenvalue weighted by Gasteiger charge is -2.30. The van der Waals surface area contributed by atoms with Crippen molar-refractivity contribution in [2.24, 2.45) is 5.41 Å². The first-order valence-electron chi connectivity index (χ1n) is 13.3. The minimum absolute atomic E-state index is 0.106. The fourth-order valence-corrected chi connectivity index (χ4v) is 6.65. The highest BCUT2D eigenvalue weighted by molar-refractivity contribution is 7.14. The van der Waals surface area contributed by atoms with Crippen molar-refractivity contribution >= 4 is 23.0 Å². The van der Waals surface area contributed by atoms with Gasteiger partial charge in [0.05, 0.1) is 4.88 Å². The average molecular weight is 497 g/mol. The maximum atomic E-state index is 13.3. The van der Waals surface area contributed by atoms with Crippen LogP contribution in [0.15, 0.2) is 12.1 Å². The molecule has 1 aliphatic rings. The number of carbonyl (C=O) groups is 2. The first kappa shape index (κ1) is 27.6. The van der Waals surface area contributed by atoms with Gasteiger partial charge in [-0.2, -0.15) is 0 Å². The molecule has 0 aliphatic heterocycles. The molecule has 4 nitrogen and oxygen atoms in total. The Morgan fingerprint density at radius 2 is 1.74 bits per heavy atom. The Morgan fingerprint density at radius 1 is 1.03 bits per heavy atom. The number of rotatable bonds is 12. The highest BCUT2D eigenvalue weighted by Crippen LogP contribution is 2.42. The molecule has 2 N–H and O–H groups in total. The Kier molecular flexibility index (Phi) is 9.71. The fourth-order valence-electron chi connectivity index (χ4n) is 5.38. The van der Waals surface area contributed by atoms with E-state index in [0.717, 1.165) is 43.4 Å². The van der Waals surface area contributed by atoms with E-state index >= 15 is 0 Å². The van der Waals surface area contributed by atoms with Gasteiger partial charge < -0.3 is 10.6 Å². The van der Waals surface area contributed by atoms with Crippen LogP contribution in [0.4, 0.5) is 0 Å². The van der Waals surface area contributed by atoms with Crippen LogP contribution in [-0.2, 0) is 36.9 Å². The third-order valence-corrected chi connectivity index (χ3v) is 8.87. The SMILES string of the molecule is CCc1sc(C(=O)CCc2cc(C)c(CCCNC(=O)CCNC)c(C)c2)c2c1CC(C)(C)CC2. The first-order valence-corrected chi connectivity index (χ1v) is 14.1. The van der Waals surface area contributed by atoms with Crippen molar-refractivity contribution in [1.29, 1.82) is 0 Å². The summed E-state index contributed by atoms with van der Waals surface area (Å²) >= 11 is 1.76. The lowest BCUT2D eigenvalue weighted by Crippen LogP contribution is -2.27. The van der Waals surface area contributed by atoms with E-state index < -0.39 is 0 Å². The summed E-state index contributed by atoms with van der Waals surface area (Å²) in [4.78, 5) is 27.5. The van der Waals surface area contributed by atoms with E-state index in [4.69, 9.17) is 0 Å². The number of Topliss-reactive ketones (excluding diaryl/α,β-unsaturated/α-hetero) is 1. The zero-order valence-corrected chi connectivity index (χ0v) is 23.5. The van der Waals surface area contributed by atoms with Crippen LogP contribution in [0, 0.1) is 19.3 Å². The van der Waals surface area contributed by atoms with E-state index in [1.807, 2.05) is 7.05 Å². The van der Waals surface area contributed by atoms with Crippen LogP contribution in [0.1, 0.15) is 94.4 Å². The summed E-state index contributed by atoms with van der Waals surface area (Å²) in [6.45, 7) is 12.7. The van der Waals surface area contributed by atoms with Crippen LogP contribution >= 0.6 is 11.3 Å². The number of hydrogen-bond donors (Lipinski definition) is 2. The Hall–Kier alpha value is -1.98. The molecule has 0 spiro atoms. The molecular formula is C30H44N2O2S. The number of ketones is 1. The lowest BCUT2D eigenvalue weighted by atomic mass is 9.74. The molecule has 35 heavy (non-hydrogen) atoms. The van der Waals surface area contributed by atoms with Gasteiger partial charge >= 0.3 is 0 Å². The van der Waals surface area contributed by atoms with E-state index in [-0.39, 0.29) is 5.91 Å². The van der Waals surface area contributed by atoms with Crippen molar-refractivity contribution in [3.8, 4) is 0 Å². The summed E-state index contributed by atoms with van der Waals surface area (Å²) < 4.78 is 0. The molecule has 1 amide bonds. The van der Waals surface area contributed by atoms with Crippen molar-refractivity contribution in [3.05, 3.63) is 55.3 Å². The van der Waals surface area contributed by atoms with Gasteiger partial charge in [-0.25, -0.2) is 0 Å². The van der Waals surface area contributed by atoms with Gasteiger partial charge in [0, 0.05) is 30.8 Å². The second kappa shape index (κ2) is 12.3. The maximum Gasteiger partial charge on any atom is 0.221 e. The van der Waals surface area contributed by atoms with Crippen molar-refractivity contribution in [2.75, 3.05) is 20.1 Å². The quantitative estimate of drug-likeness (QED) is 0.283. The normalized spacial score (nSPS) is 14.6. The molecule has 1 aromatic carbocycles. The summed E-state index contributed by atoms with van der Waals surface area (Å²) in [5.41, 5.74) is 8.37. The summed E-state index contributed by atoms with van der Waals surface area (Å²) in [6, 6.07) is 4.51. The van der Waals surface area contributed by atoms with Gasteiger partial charge in [-0.15, -0.1) is 11.3 Å². The Bertz CT molecular complexity index is 1030. The summed E-state index contributed by atoms with van der Waals surface area (Å²) in [6.07, 6.45) is 8.13. The van der Waals surface area contributed by atoms with Crippen molar-refractivity contribution < 1.29 is 9.59 Å². The number of amides is 1. The summed E-state index contributed by atoms with van der Waals surface area (Å²) in [5.74, 6) is 0.425. The predicted octanol–water partition coefficient (Wildman–Crippen LogP) is 5.92. The molecule has 5 heteroatoms. The van der Waals surface area contributed by atoms with Gasteiger partial charge in [-0.05, 0) is 105 Å². The lowest BCUT2D eigenvalue weighted by molar-refractivity contribution is -0.120.